The van der Waals surface area contributed by atoms with Crippen LogP contribution in [0.4, 0.5) is 0 Å². The quantitative estimate of drug-likeness (QED) is 0.259. The third-order valence-corrected chi connectivity index (χ3v) is 5.58. The molecule has 6 N–H and O–H groups in total. The van der Waals surface area contributed by atoms with Crippen molar-refractivity contribution in [2.75, 3.05) is 19.6 Å². The van der Waals surface area contributed by atoms with Gasteiger partial charge in [-0.05, 0) is 12.0 Å². The van der Waals surface area contributed by atoms with E-state index in [-0.39, 0.29) is 19.6 Å². The Bertz CT molecular complexity index is 771. The Kier molecular flexibility index (Phi) is 8.34. The Balaban J connectivity index is 2.24. The van der Waals surface area contributed by atoms with Gasteiger partial charge in [0.15, 0.2) is 0 Å². The molecule has 0 saturated carbocycles. The van der Waals surface area contributed by atoms with E-state index in [2.05, 4.69) is 13.6 Å². The molecule has 0 amide bonds. The molecule has 1 aliphatic rings. The number of hydrogen-bond donors (Lipinski definition) is 6. The van der Waals surface area contributed by atoms with E-state index in [0.717, 1.165) is 5.56 Å². The van der Waals surface area contributed by atoms with Crippen LogP contribution in [0.5, 0.6) is 0 Å². The normalized spacial score (nSPS) is 22.7. The zero-order valence-corrected chi connectivity index (χ0v) is 17.6. The van der Waals surface area contributed by atoms with E-state index >= 15 is 0 Å². The van der Waals surface area contributed by atoms with Crippen LogP contribution in [0, 0.1) is 0 Å². The first-order valence-electron chi connectivity index (χ1n) is 8.20. The molecule has 0 spiro atoms. The van der Waals surface area contributed by atoms with E-state index in [1.165, 1.54) is 4.90 Å². The zero-order chi connectivity index (χ0) is 21.9. The van der Waals surface area contributed by atoms with Gasteiger partial charge in [0.05, 0.1) is 0 Å². The minimum absolute atomic E-state index is 0.233. The molecule has 13 nitrogen and oxygen atoms in total. The molecular weight excluding hydrogens is 455 g/mol. The van der Waals surface area contributed by atoms with E-state index in [0.29, 0.717) is 6.42 Å². The second-order valence-corrected chi connectivity index (χ2v) is 9.90. The summed E-state index contributed by atoms with van der Waals surface area (Å²) in [4.78, 5) is 56.2. The topological polar surface area (TPSA) is 204 Å². The summed E-state index contributed by atoms with van der Waals surface area (Å²) in [6.45, 7) is -0.179. The molecule has 0 radical (unpaired) electrons. The molecule has 1 fully saturated rings. The van der Waals surface area contributed by atoms with Crippen molar-refractivity contribution in [1.82, 2.24) is 4.90 Å². The van der Waals surface area contributed by atoms with Crippen LogP contribution < -0.4 is 0 Å². The summed E-state index contributed by atoms with van der Waals surface area (Å²) < 4.78 is 47.6. The number of hydrogen-bond acceptors (Lipinski definition) is 7. The minimum Gasteiger partial charge on any atom is -0.303 e. The Hall–Kier alpha value is -0.490. The predicted molar refractivity (Wildman–Crippen MR) is 97.3 cm³/mol. The van der Waals surface area contributed by atoms with E-state index in [1.807, 2.05) is 30.3 Å². The van der Waals surface area contributed by atoms with E-state index < -0.39 is 41.8 Å². The van der Waals surface area contributed by atoms with Gasteiger partial charge in [-0.25, -0.2) is 13.7 Å². The Morgan fingerprint density at radius 2 is 1.24 bits per heavy atom. The molecular formula is C13H22NO12P3. The van der Waals surface area contributed by atoms with Crippen molar-refractivity contribution >= 4 is 23.5 Å². The molecule has 1 aromatic carbocycles. The highest BCUT2D eigenvalue weighted by molar-refractivity contribution is 7.47. The highest BCUT2D eigenvalue weighted by Gasteiger charge is 2.47. The maximum Gasteiger partial charge on any atom is 0.470 e. The van der Waals surface area contributed by atoms with Crippen LogP contribution in [0.15, 0.2) is 30.3 Å². The summed E-state index contributed by atoms with van der Waals surface area (Å²) in [7, 11) is -15.5. The van der Waals surface area contributed by atoms with Crippen LogP contribution in [0.1, 0.15) is 5.56 Å². The number of likely N-dealkylation sites (tertiary alicyclic amines) is 1. The van der Waals surface area contributed by atoms with Gasteiger partial charge in [-0.15, -0.1) is 0 Å². The van der Waals surface area contributed by atoms with Crippen LogP contribution in [0.3, 0.4) is 0 Å². The van der Waals surface area contributed by atoms with Gasteiger partial charge in [0.2, 0.25) is 0 Å². The lowest BCUT2D eigenvalue weighted by Gasteiger charge is -2.42. The Labute approximate surface area is 165 Å². The van der Waals surface area contributed by atoms with Crippen LogP contribution >= 0.6 is 23.5 Å². The first kappa shape index (κ1) is 24.8. The Morgan fingerprint density at radius 3 is 1.66 bits per heavy atom. The van der Waals surface area contributed by atoms with Crippen molar-refractivity contribution in [3.63, 3.8) is 0 Å². The molecule has 0 aromatic heterocycles. The molecule has 0 unspecified atom stereocenters. The molecule has 29 heavy (non-hydrogen) atoms. The van der Waals surface area contributed by atoms with Crippen LogP contribution in [-0.2, 0) is 33.7 Å². The summed E-state index contributed by atoms with van der Waals surface area (Å²) in [5, 5.41) is 0. The summed E-state index contributed by atoms with van der Waals surface area (Å²) in [6.07, 6.45) is -4.63. The smallest absolute Gasteiger partial charge is 0.303 e. The maximum absolute atomic E-state index is 11.3. The fourth-order valence-electron chi connectivity index (χ4n) is 2.98. The van der Waals surface area contributed by atoms with E-state index in [1.54, 1.807) is 0 Å². The number of phosphoric acid groups is 3. The predicted octanol–water partition coefficient (Wildman–Crippen LogP) is -0.0216. The molecule has 2 rings (SSSR count). The first-order valence-corrected chi connectivity index (χ1v) is 12.8. The standard InChI is InChI=1S/C13H22NO12P3/c15-27(16,17)24-11-8-14(7-6-10-4-2-1-3-5-10)9-12(25-28(18,19)20)13(11)26-29(21,22)23/h1-5,11-13H,6-9H2,(H2,15,16,17)(H2,18,19,20)(H2,21,22,23)/t11-,12-/m1/s1. The maximum atomic E-state index is 11.3. The van der Waals surface area contributed by atoms with Gasteiger partial charge in [0, 0.05) is 19.6 Å². The van der Waals surface area contributed by atoms with Gasteiger partial charge in [-0.3, -0.25) is 18.5 Å². The summed E-state index contributed by atoms with van der Waals surface area (Å²) in [5.74, 6) is 0. The average Bonchev–Trinajstić information content (AvgIpc) is 2.53. The van der Waals surface area contributed by atoms with Gasteiger partial charge in [0.25, 0.3) is 0 Å². The van der Waals surface area contributed by atoms with Gasteiger partial charge >= 0.3 is 23.5 Å². The highest BCUT2D eigenvalue weighted by atomic mass is 31.2. The van der Waals surface area contributed by atoms with Gasteiger partial charge in [-0.1, -0.05) is 30.3 Å². The summed E-state index contributed by atoms with van der Waals surface area (Å²) >= 11 is 0. The average molecular weight is 477 g/mol. The lowest BCUT2D eigenvalue weighted by molar-refractivity contribution is -0.0985. The van der Waals surface area contributed by atoms with Crippen molar-refractivity contribution in [3.05, 3.63) is 35.9 Å². The third kappa shape index (κ3) is 9.46. The fraction of sp³-hybridized carbons (Fsp3) is 0.538. The zero-order valence-electron chi connectivity index (χ0n) is 14.9. The lowest BCUT2D eigenvalue weighted by Crippen LogP contribution is -2.57. The van der Waals surface area contributed by atoms with Crippen molar-refractivity contribution in [2.45, 2.75) is 24.7 Å². The Morgan fingerprint density at radius 1 is 0.793 bits per heavy atom. The van der Waals surface area contributed by atoms with Crippen LogP contribution in [0.25, 0.3) is 0 Å². The number of nitrogens with zero attached hydrogens (tertiary/aromatic N) is 1. The van der Waals surface area contributed by atoms with Crippen molar-refractivity contribution < 1.29 is 56.6 Å². The number of piperidine rings is 1. The monoisotopic (exact) mass is 477 g/mol. The second-order valence-electron chi connectivity index (χ2n) is 6.32. The molecule has 0 aliphatic carbocycles. The molecule has 166 valence electrons. The molecule has 16 heteroatoms. The van der Waals surface area contributed by atoms with Gasteiger partial charge in [0.1, 0.15) is 18.3 Å². The van der Waals surface area contributed by atoms with Gasteiger partial charge in [-0.2, -0.15) is 0 Å². The molecule has 1 aromatic rings. The lowest BCUT2D eigenvalue weighted by atomic mass is 10.0. The first-order chi connectivity index (χ1) is 13.2. The molecule has 0 bridgehead atoms. The van der Waals surface area contributed by atoms with E-state index in [4.69, 9.17) is 29.4 Å². The van der Waals surface area contributed by atoms with E-state index in [9.17, 15) is 13.7 Å². The third-order valence-electron chi connectivity index (χ3n) is 3.97. The number of phosphoric ester groups is 3. The molecule has 1 saturated heterocycles. The van der Waals surface area contributed by atoms with Crippen molar-refractivity contribution in [1.29, 1.82) is 0 Å². The highest BCUT2D eigenvalue weighted by Crippen LogP contribution is 2.48. The van der Waals surface area contributed by atoms with Crippen molar-refractivity contribution in [3.8, 4) is 0 Å². The number of rotatable bonds is 9. The van der Waals surface area contributed by atoms with Crippen LogP contribution in [0.2, 0.25) is 0 Å². The summed E-state index contributed by atoms with van der Waals surface area (Å²) in [5.41, 5.74) is 0.931. The minimum atomic E-state index is -5.21. The van der Waals surface area contributed by atoms with Crippen molar-refractivity contribution in [2.24, 2.45) is 0 Å². The molecule has 2 atom stereocenters. The molecule has 1 heterocycles. The molecule has 1 aliphatic heterocycles. The van der Waals surface area contributed by atoms with Crippen LogP contribution in [-0.4, -0.2) is 72.2 Å². The number of benzene rings is 1. The second kappa shape index (κ2) is 9.76. The largest absolute Gasteiger partial charge is 0.470 e. The van der Waals surface area contributed by atoms with Gasteiger partial charge < -0.3 is 29.4 Å². The summed E-state index contributed by atoms with van der Waals surface area (Å²) in [6, 6.07) is 9.14. The SMILES string of the molecule is O=P(O)(O)OC1[C@H](OP(=O)(O)O)CN(CCc2ccccc2)C[C@H]1OP(=O)(O)O. The fourth-order valence-corrected chi connectivity index (χ4v) is 4.65.